The van der Waals surface area contributed by atoms with Gasteiger partial charge in [0.25, 0.3) is 0 Å². The fraction of sp³-hybridized carbons (Fsp3) is 0.262. The summed E-state index contributed by atoms with van der Waals surface area (Å²) >= 11 is 1.88. The number of benzene rings is 8. The van der Waals surface area contributed by atoms with E-state index in [2.05, 4.69) is 218 Å². The van der Waals surface area contributed by atoms with Gasteiger partial charge in [-0.2, -0.15) is 0 Å². The molecule has 5 heteroatoms. The van der Waals surface area contributed by atoms with Gasteiger partial charge in [-0.25, -0.2) is 0 Å². The smallest absolute Gasteiger partial charge is 0.198 e. The standard InChI is InChI=1S/C65H61BN2OS/c1-38-33-47-49(65(8,9)32-31-63(47,4)5)37-52(38)68-51-27-23-40(39-17-11-10-12-18-39)34-50(51)66-59-53(68)36-45-42-19-13-15-21-54(42)69-61(45)58(59)44-25-28-56-57(43-20-14-16-22-55(43)70-56)60(44)67-41-24-26-46-48(35-41)64(6,7)30-29-62(46,2)3/h10-28,33-37,66-67H,29-32H2,1-9H3. The van der Waals surface area contributed by atoms with Crippen molar-refractivity contribution in [3.8, 4) is 22.3 Å². The first-order valence-electron chi connectivity index (χ1n) is 25.5. The predicted octanol–water partition coefficient (Wildman–Crippen LogP) is 17.2. The average molecular weight is 929 g/mol. The van der Waals surface area contributed by atoms with Crippen molar-refractivity contribution in [2.45, 2.75) is 110 Å². The normalized spacial score (nSPS) is 17.2. The number of anilines is 5. The number of nitrogens with one attached hydrogen (secondary N) is 1. The summed E-state index contributed by atoms with van der Waals surface area (Å²) in [6.45, 7) is 21.8. The maximum Gasteiger partial charge on any atom is 0.198 e. The lowest BCUT2D eigenvalue weighted by atomic mass is 9.57. The van der Waals surface area contributed by atoms with Crippen LogP contribution in [0.5, 0.6) is 0 Å². The molecule has 1 N–H and O–H groups in total. The van der Waals surface area contributed by atoms with Crippen molar-refractivity contribution in [1.29, 1.82) is 0 Å². The average Bonchev–Trinajstić information content (AvgIpc) is 3.92. The number of rotatable bonds is 5. The third kappa shape index (κ3) is 6.60. The highest BCUT2D eigenvalue weighted by Gasteiger charge is 2.40. The highest BCUT2D eigenvalue weighted by Crippen LogP contribution is 2.53. The summed E-state index contributed by atoms with van der Waals surface area (Å²) in [5, 5.41) is 9.01. The van der Waals surface area contributed by atoms with Gasteiger partial charge in [0.15, 0.2) is 7.28 Å². The Balaban J connectivity index is 1.13. The second kappa shape index (κ2) is 15.2. The number of fused-ring (bicyclic) bond motifs is 10. The molecule has 3 aliphatic rings. The molecular formula is C65H61BN2OS. The van der Waals surface area contributed by atoms with Crippen molar-refractivity contribution < 1.29 is 4.42 Å². The Morgan fingerprint density at radius 3 is 1.94 bits per heavy atom. The Bertz CT molecular complexity index is 3810. The summed E-state index contributed by atoms with van der Waals surface area (Å²) in [5.74, 6) is 0. The van der Waals surface area contributed by atoms with Crippen molar-refractivity contribution in [3.05, 3.63) is 173 Å². The quantitative estimate of drug-likeness (QED) is 0.174. The van der Waals surface area contributed by atoms with Crippen molar-refractivity contribution in [3.63, 3.8) is 0 Å². The predicted molar refractivity (Wildman–Crippen MR) is 304 cm³/mol. The molecule has 0 spiro atoms. The van der Waals surface area contributed by atoms with Crippen LogP contribution in [-0.4, -0.2) is 7.28 Å². The fourth-order valence-corrected chi connectivity index (χ4v) is 13.9. The van der Waals surface area contributed by atoms with Gasteiger partial charge in [-0.3, -0.25) is 0 Å². The second-order valence-corrected chi connectivity index (χ2v) is 24.6. The Morgan fingerprint density at radius 2 is 1.19 bits per heavy atom. The van der Waals surface area contributed by atoms with Gasteiger partial charge >= 0.3 is 0 Å². The van der Waals surface area contributed by atoms with Crippen molar-refractivity contribution in [1.82, 2.24) is 0 Å². The van der Waals surface area contributed by atoms with E-state index in [-0.39, 0.29) is 21.7 Å². The van der Waals surface area contributed by atoms with E-state index in [4.69, 9.17) is 4.42 Å². The SMILES string of the molecule is Cc1cc2c(cc1N1c3ccc(-c4ccccc4)cc3Bc3c1cc1c(oc4ccccc41)c3-c1ccc3sc4ccccc4c3c1Nc1ccc3c(c1)C(C)(C)CCC3(C)C)C(C)(C)CCC2(C)C. The molecule has 0 unspecified atom stereocenters. The minimum Gasteiger partial charge on any atom is -0.455 e. The van der Waals surface area contributed by atoms with Crippen LogP contribution in [0.4, 0.5) is 28.4 Å². The summed E-state index contributed by atoms with van der Waals surface area (Å²) in [4.78, 5) is 2.62. The van der Waals surface area contributed by atoms with Gasteiger partial charge in [-0.1, -0.05) is 158 Å². The number of aryl methyl sites for hydroxylation is 1. The van der Waals surface area contributed by atoms with Gasteiger partial charge in [0, 0.05) is 64.8 Å². The Kier molecular flexibility index (Phi) is 9.45. The molecule has 0 amide bonds. The lowest BCUT2D eigenvalue weighted by Crippen LogP contribution is -2.41. The summed E-state index contributed by atoms with van der Waals surface area (Å²) < 4.78 is 9.80. The van der Waals surface area contributed by atoms with Crippen LogP contribution in [0.2, 0.25) is 0 Å². The third-order valence-corrected chi connectivity index (χ3v) is 18.3. The monoisotopic (exact) mass is 928 g/mol. The van der Waals surface area contributed by atoms with Gasteiger partial charge in [-0.15, -0.1) is 11.3 Å². The molecular weight excluding hydrogens is 868 g/mol. The molecule has 3 heterocycles. The number of para-hydroxylation sites is 1. The number of hydrogen-bond donors (Lipinski definition) is 1. The van der Waals surface area contributed by atoms with Crippen LogP contribution in [0.15, 0.2) is 150 Å². The van der Waals surface area contributed by atoms with Crippen LogP contribution in [0.25, 0.3) is 64.4 Å². The molecule has 10 aromatic rings. The van der Waals surface area contributed by atoms with Crippen molar-refractivity contribution in [2.75, 3.05) is 10.2 Å². The van der Waals surface area contributed by atoms with Crippen LogP contribution >= 0.6 is 11.3 Å². The van der Waals surface area contributed by atoms with Crippen LogP contribution in [0.3, 0.4) is 0 Å². The number of hydrogen-bond acceptors (Lipinski definition) is 4. The third-order valence-electron chi connectivity index (χ3n) is 17.1. The molecule has 70 heavy (non-hydrogen) atoms. The maximum absolute atomic E-state index is 7.24. The fourth-order valence-electron chi connectivity index (χ4n) is 12.8. The van der Waals surface area contributed by atoms with Gasteiger partial charge in [0.2, 0.25) is 0 Å². The van der Waals surface area contributed by atoms with E-state index in [1.165, 1.54) is 99.9 Å². The molecule has 3 nitrogen and oxygen atoms in total. The Morgan fingerprint density at radius 1 is 0.529 bits per heavy atom. The van der Waals surface area contributed by atoms with Gasteiger partial charge < -0.3 is 14.6 Å². The summed E-state index contributed by atoms with van der Waals surface area (Å²) in [5.41, 5.74) is 22.6. The van der Waals surface area contributed by atoms with Crippen LogP contribution in [0.1, 0.15) is 109 Å². The molecule has 2 aromatic heterocycles. The van der Waals surface area contributed by atoms with E-state index >= 15 is 0 Å². The molecule has 0 saturated carbocycles. The van der Waals surface area contributed by atoms with Crippen LogP contribution in [0, 0.1) is 6.92 Å². The first-order chi connectivity index (χ1) is 33.6. The molecule has 8 aromatic carbocycles. The topological polar surface area (TPSA) is 28.4 Å². The zero-order chi connectivity index (χ0) is 48.1. The highest BCUT2D eigenvalue weighted by atomic mass is 32.1. The molecule has 1 aliphatic heterocycles. The summed E-state index contributed by atoms with van der Waals surface area (Å²) in [6.07, 6.45) is 4.68. The van der Waals surface area contributed by atoms with E-state index in [9.17, 15) is 0 Å². The summed E-state index contributed by atoms with van der Waals surface area (Å²) in [7, 11) is 0.747. The molecule has 0 fully saturated rings. The zero-order valence-electron chi connectivity index (χ0n) is 42.2. The van der Waals surface area contributed by atoms with Crippen LogP contribution in [-0.2, 0) is 21.7 Å². The molecule has 2 aliphatic carbocycles. The molecule has 0 bridgehead atoms. The maximum atomic E-state index is 7.24. The minimum atomic E-state index is 0.0444. The number of furan rings is 1. The Labute approximate surface area is 417 Å². The first-order valence-corrected chi connectivity index (χ1v) is 26.4. The van der Waals surface area contributed by atoms with Crippen molar-refractivity contribution in [2.24, 2.45) is 0 Å². The number of nitrogens with zero attached hydrogens (tertiary/aromatic N) is 1. The van der Waals surface area contributed by atoms with Crippen molar-refractivity contribution >= 4 is 100 Å². The van der Waals surface area contributed by atoms with Gasteiger partial charge in [0.1, 0.15) is 11.2 Å². The molecule has 346 valence electrons. The largest absolute Gasteiger partial charge is 0.455 e. The van der Waals surface area contributed by atoms with E-state index in [0.29, 0.717) is 0 Å². The molecule has 0 radical (unpaired) electrons. The number of thiophene rings is 1. The first kappa shape index (κ1) is 43.5. The van der Waals surface area contributed by atoms with Gasteiger partial charge in [-0.05, 0) is 147 Å². The molecule has 13 rings (SSSR count). The minimum absolute atomic E-state index is 0.0444. The lowest BCUT2D eigenvalue weighted by Gasteiger charge is -2.43. The second-order valence-electron chi connectivity index (χ2n) is 23.5. The van der Waals surface area contributed by atoms with E-state index in [0.717, 1.165) is 64.6 Å². The Hall–Kier alpha value is -6.56. The molecule has 0 saturated heterocycles. The molecule has 0 atom stereocenters. The van der Waals surface area contributed by atoms with E-state index < -0.39 is 0 Å². The van der Waals surface area contributed by atoms with E-state index in [1.807, 2.05) is 11.3 Å². The van der Waals surface area contributed by atoms with E-state index in [1.54, 1.807) is 0 Å². The highest BCUT2D eigenvalue weighted by molar-refractivity contribution is 7.26. The van der Waals surface area contributed by atoms with Gasteiger partial charge in [0.05, 0.1) is 5.69 Å². The van der Waals surface area contributed by atoms with Crippen LogP contribution < -0.4 is 21.1 Å². The zero-order valence-corrected chi connectivity index (χ0v) is 43.0. The summed E-state index contributed by atoms with van der Waals surface area (Å²) in [6, 6.07) is 55.2. The lowest BCUT2D eigenvalue weighted by molar-refractivity contribution is 0.332.